The summed E-state index contributed by atoms with van der Waals surface area (Å²) in [6.45, 7) is 9.88. The number of carbonyl (C=O) groups is 1. The van der Waals surface area contributed by atoms with Gasteiger partial charge in [-0.15, -0.1) is 10.2 Å². The van der Waals surface area contributed by atoms with Crippen molar-refractivity contribution in [3.63, 3.8) is 0 Å². The van der Waals surface area contributed by atoms with Gasteiger partial charge in [-0.3, -0.25) is 9.78 Å². The number of nitrogens with zero attached hydrogens (tertiary/aromatic N) is 5. The van der Waals surface area contributed by atoms with Crippen molar-refractivity contribution in [2.45, 2.75) is 33.6 Å². The second kappa shape index (κ2) is 10.4. The zero-order valence-electron chi connectivity index (χ0n) is 19.7. The summed E-state index contributed by atoms with van der Waals surface area (Å²) in [7, 11) is 0. The Labute approximate surface area is 195 Å². The Morgan fingerprint density at radius 1 is 1.09 bits per heavy atom. The van der Waals surface area contributed by atoms with E-state index in [4.69, 9.17) is 0 Å². The summed E-state index contributed by atoms with van der Waals surface area (Å²) < 4.78 is 0. The second-order valence-corrected chi connectivity index (χ2v) is 8.44. The van der Waals surface area contributed by atoms with E-state index in [2.05, 4.69) is 63.2 Å². The zero-order valence-corrected chi connectivity index (χ0v) is 19.7. The Morgan fingerprint density at radius 2 is 1.88 bits per heavy atom. The van der Waals surface area contributed by atoms with E-state index in [9.17, 15) is 4.79 Å². The van der Waals surface area contributed by atoms with Gasteiger partial charge in [0, 0.05) is 61.4 Å². The van der Waals surface area contributed by atoms with Crippen LogP contribution in [-0.2, 0) is 4.79 Å². The molecule has 0 radical (unpaired) electrons. The van der Waals surface area contributed by atoms with Crippen LogP contribution in [0.3, 0.4) is 0 Å². The molecule has 0 atom stereocenters. The van der Waals surface area contributed by atoms with Crippen molar-refractivity contribution in [3.8, 4) is 11.3 Å². The van der Waals surface area contributed by atoms with E-state index in [-0.39, 0.29) is 11.8 Å². The molecule has 33 heavy (non-hydrogen) atoms. The van der Waals surface area contributed by atoms with Crippen LogP contribution in [0.2, 0.25) is 0 Å². The lowest BCUT2D eigenvalue weighted by atomic mass is 9.95. The number of carbonyl (C=O) groups excluding carboxylic acids is 1. The quantitative estimate of drug-likeness (QED) is 0.576. The van der Waals surface area contributed by atoms with E-state index in [1.54, 1.807) is 12.4 Å². The molecule has 7 nitrogen and oxygen atoms in total. The SMILES string of the molecule is CCN(CC)c1ccc(NC(=O)C2CCN(c3ccc(-c4cccnc4)nn3)CC2)c(C)c1. The van der Waals surface area contributed by atoms with Gasteiger partial charge in [0.25, 0.3) is 0 Å². The number of rotatable bonds is 7. The first-order chi connectivity index (χ1) is 16.1. The van der Waals surface area contributed by atoms with Crippen LogP contribution < -0.4 is 15.1 Å². The number of benzene rings is 1. The van der Waals surface area contributed by atoms with E-state index >= 15 is 0 Å². The number of hydrogen-bond acceptors (Lipinski definition) is 6. The topological polar surface area (TPSA) is 74.2 Å². The van der Waals surface area contributed by atoms with Crippen LogP contribution in [0.25, 0.3) is 11.3 Å². The minimum absolute atomic E-state index is 0.00531. The largest absolute Gasteiger partial charge is 0.372 e. The van der Waals surface area contributed by atoms with Gasteiger partial charge in [-0.2, -0.15) is 0 Å². The van der Waals surface area contributed by atoms with Crippen LogP contribution in [0.15, 0.2) is 54.9 Å². The maximum atomic E-state index is 12.9. The fraction of sp³-hybridized carbons (Fsp3) is 0.385. The third-order valence-electron chi connectivity index (χ3n) is 6.39. The van der Waals surface area contributed by atoms with Crippen LogP contribution in [0, 0.1) is 12.8 Å². The first-order valence-corrected chi connectivity index (χ1v) is 11.7. The lowest BCUT2D eigenvalue weighted by Gasteiger charge is -2.32. The predicted molar refractivity (Wildman–Crippen MR) is 134 cm³/mol. The van der Waals surface area contributed by atoms with E-state index in [0.29, 0.717) is 0 Å². The molecule has 1 fully saturated rings. The highest BCUT2D eigenvalue weighted by molar-refractivity contribution is 5.93. The van der Waals surface area contributed by atoms with E-state index in [1.165, 1.54) is 5.69 Å². The number of anilines is 3. The van der Waals surface area contributed by atoms with Gasteiger partial charge >= 0.3 is 0 Å². The van der Waals surface area contributed by atoms with Gasteiger partial charge in [-0.25, -0.2) is 0 Å². The minimum Gasteiger partial charge on any atom is -0.372 e. The van der Waals surface area contributed by atoms with Crippen molar-refractivity contribution in [1.82, 2.24) is 15.2 Å². The number of amides is 1. The molecule has 1 N–H and O–H groups in total. The standard InChI is InChI=1S/C26H32N6O/c1-4-31(5-2)22-8-9-23(19(3)17-22)28-26(33)20-12-15-32(16-13-20)25-11-10-24(29-30-25)21-7-6-14-27-18-21/h6-11,14,17-18,20H,4-5,12-13,15-16H2,1-3H3,(H,28,33). The average Bonchev–Trinajstić information content (AvgIpc) is 2.87. The highest BCUT2D eigenvalue weighted by Crippen LogP contribution is 2.26. The Balaban J connectivity index is 1.33. The Bertz CT molecular complexity index is 1060. The molecule has 1 amide bonds. The zero-order chi connectivity index (χ0) is 23.2. The van der Waals surface area contributed by atoms with E-state index in [0.717, 1.165) is 67.3 Å². The molecule has 0 saturated carbocycles. The number of aromatic nitrogens is 3. The first kappa shape index (κ1) is 22.7. The van der Waals surface area contributed by atoms with E-state index < -0.39 is 0 Å². The third kappa shape index (κ3) is 5.30. The van der Waals surface area contributed by atoms with Crippen molar-refractivity contribution in [1.29, 1.82) is 0 Å². The molecule has 1 aromatic carbocycles. The number of piperidine rings is 1. The maximum Gasteiger partial charge on any atom is 0.227 e. The van der Waals surface area contributed by atoms with Gasteiger partial charge in [0.2, 0.25) is 5.91 Å². The predicted octanol–water partition coefficient (Wildman–Crippen LogP) is 4.55. The third-order valence-corrected chi connectivity index (χ3v) is 6.39. The smallest absolute Gasteiger partial charge is 0.227 e. The molecule has 172 valence electrons. The number of pyridine rings is 1. The van der Waals surface area contributed by atoms with Gasteiger partial charge < -0.3 is 15.1 Å². The number of hydrogen-bond donors (Lipinski definition) is 1. The summed E-state index contributed by atoms with van der Waals surface area (Å²) >= 11 is 0. The van der Waals surface area contributed by atoms with Crippen LogP contribution in [0.1, 0.15) is 32.3 Å². The summed E-state index contributed by atoms with van der Waals surface area (Å²) in [4.78, 5) is 21.6. The fourth-order valence-corrected chi connectivity index (χ4v) is 4.34. The molecule has 7 heteroatoms. The normalized spacial score (nSPS) is 14.2. The molecule has 4 rings (SSSR count). The second-order valence-electron chi connectivity index (χ2n) is 8.44. The van der Waals surface area contributed by atoms with Gasteiger partial charge in [0.1, 0.15) is 0 Å². The van der Waals surface area contributed by atoms with Crippen LogP contribution >= 0.6 is 0 Å². The molecule has 1 aliphatic rings. The van der Waals surface area contributed by atoms with Gasteiger partial charge in [0.15, 0.2) is 5.82 Å². The van der Waals surface area contributed by atoms with Crippen LogP contribution in [0.4, 0.5) is 17.2 Å². The summed E-state index contributed by atoms with van der Waals surface area (Å²) in [5, 5.41) is 11.9. The first-order valence-electron chi connectivity index (χ1n) is 11.7. The molecular weight excluding hydrogens is 412 g/mol. The highest BCUT2D eigenvalue weighted by atomic mass is 16.1. The molecule has 0 unspecified atom stereocenters. The van der Waals surface area contributed by atoms with Crippen molar-refractivity contribution in [2.24, 2.45) is 5.92 Å². The maximum absolute atomic E-state index is 12.9. The lowest BCUT2D eigenvalue weighted by Crippen LogP contribution is -2.38. The van der Waals surface area contributed by atoms with Gasteiger partial charge in [0.05, 0.1) is 5.69 Å². The van der Waals surface area contributed by atoms with Crippen LogP contribution in [-0.4, -0.2) is 47.3 Å². The van der Waals surface area contributed by atoms with Crippen LogP contribution in [0.5, 0.6) is 0 Å². The van der Waals surface area contributed by atoms with Crippen molar-refractivity contribution in [2.75, 3.05) is 41.3 Å². The van der Waals surface area contributed by atoms with Crippen molar-refractivity contribution >= 4 is 23.1 Å². The van der Waals surface area contributed by atoms with Crippen molar-refractivity contribution < 1.29 is 4.79 Å². The highest BCUT2D eigenvalue weighted by Gasteiger charge is 2.26. The lowest BCUT2D eigenvalue weighted by molar-refractivity contribution is -0.120. The van der Waals surface area contributed by atoms with Gasteiger partial charge in [-0.05, 0) is 81.6 Å². The Hall–Kier alpha value is -3.48. The Morgan fingerprint density at radius 3 is 2.48 bits per heavy atom. The fourth-order valence-electron chi connectivity index (χ4n) is 4.34. The summed E-state index contributed by atoms with van der Waals surface area (Å²) in [5.41, 5.74) is 4.94. The molecule has 0 aliphatic carbocycles. The molecule has 0 spiro atoms. The molecule has 2 aromatic heterocycles. The van der Waals surface area contributed by atoms with Crippen molar-refractivity contribution in [3.05, 3.63) is 60.4 Å². The van der Waals surface area contributed by atoms with E-state index in [1.807, 2.05) is 30.3 Å². The number of nitrogens with one attached hydrogen (secondary N) is 1. The number of aryl methyl sites for hydroxylation is 1. The molecule has 1 saturated heterocycles. The molecule has 3 heterocycles. The monoisotopic (exact) mass is 444 g/mol. The summed E-state index contributed by atoms with van der Waals surface area (Å²) in [5.74, 6) is 0.960. The molecule has 0 bridgehead atoms. The minimum atomic E-state index is 0.00531. The summed E-state index contributed by atoms with van der Waals surface area (Å²) in [6.07, 6.45) is 5.13. The summed E-state index contributed by atoms with van der Waals surface area (Å²) in [6, 6.07) is 14.1. The van der Waals surface area contributed by atoms with Gasteiger partial charge in [-0.1, -0.05) is 0 Å². The average molecular weight is 445 g/mol. The molecule has 1 aliphatic heterocycles. The molecular formula is C26H32N6O. The molecule has 3 aromatic rings. The Kier molecular flexibility index (Phi) is 7.17.